The summed E-state index contributed by atoms with van der Waals surface area (Å²) in [6.07, 6.45) is 0. The van der Waals surface area contributed by atoms with Gasteiger partial charge in [0, 0.05) is 0 Å². The van der Waals surface area contributed by atoms with Crippen LogP contribution < -0.4 is 15.6 Å². The van der Waals surface area contributed by atoms with Crippen LogP contribution in [-0.4, -0.2) is 43.3 Å². The van der Waals surface area contributed by atoms with Crippen molar-refractivity contribution in [1.82, 2.24) is 10.4 Å². The first kappa shape index (κ1) is 14.8. The van der Waals surface area contributed by atoms with Crippen molar-refractivity contribution in [2.45, 2.75) is 0 Å². The second kappa shape index (κ2) is 6.72. The van der Waals surface area contributed by atoms with E-state index in [4.69, 9.17) is 35.4 Å². The Labute approximate surface area is 128 Å². The minimum atomic E-state index is 0.483. The van der Waals surface area contributed by atoms with Crippen LogP contribution in [0.15, 0.2) is 18.2 Å². The van der Waals surface area contributed by atoms with E-state index >= 15 is 0 Å². The smallest absolute Gasteiger partial charge is 0.185 e. The van der Waals surface area contributed by atoms with Crippen molar-refractivity contribution in [1.29, 1.82) is 0 Å². The molecule has 0 spiro atoms. The summed E-state index contributed by atoms with van der Waals surface area (Å²) in [5.41, 5.74) is 3.89. The van der Waals surface area contributed by atoms with E-state index in [1.807, 2.05) is 12.1 Å². The molecule has 3 N–H and O–H groups in total. The number of hydrogen-bond acceptors (Lipinski definition) is 2. The summed E-state index contributed by atoms with van der Waals surface area (Å²) in [5, 5.41) is 6.70. The number of quaternary nitrogens is 1. The molecular weight excluding hydrogens is 303 g/mol. The van der Waals surface area contributed by atoms with Crippen LogP contribution in [0.2, 0.25) is 10.0 Å². The Morgan fingerprint density at radius 3 is 2.68 bits per heavy atom. The van der Waals surface area contributed by atoms with Crippen LogP contribution in [0.4, 0.5) is 5.69 Å². The van der Waals surface area contributed by atoms with Gasteiger partial charge < -0.3 is 10.2 Å². The minimum Gasteiger partial charge on any atom is -0.335 e. The fraction of sp³-hybridized carbons (Fsp3) is 0.417. The van der Waals surface area contributed by atoms with Crippen LogP contribution >= 0.6 is 35.4 Å². The van der Waals surface area contributed by atoms with E-state index in [1.165, 1.54) is 4.90 Å². The van der Waals surface area contributed by atoms with Crippen molar-refractivity contribution in [3.8, 4) is 0 Å². The first-order valence-electron chi connectivity index (χ1n) is 6.14. The van der Waals surface area contributed by atoms with Crippen LogP contribution in [0, 0.1) is 0 Å². The lowest BCUT2D eigenvalue weighted by Crippen LogP contribution is -3.12. The molecule has 0 aliphatic carbocycles. The van der Waals surface area contributed by atoms with Gasteiger partial charge in [-0.1, -0.05) is 29.3 Å². The average molecular weight is 320 g/mol. The molecule has 1 aromatic carbocycles. The van der Waals surface area contributed by atoms with Gasteiger partial charge in [-0.25, -0.2) is 5.01 Å². The molecule has 0 radical (unpaired) electrons. The Hall–Kier alpha value is -0.590. The van der Waals surface area contributed by atoms with Crippen molar-refractivity contribution in [3.05, 3.63) is 28.2 Å². The predicted octanol–water partition coefficient (Wildman–Crippen LogP) is 1.03. The quantitative estimate of drug-likeness (QED) is 0.711. The molecule has 0 atom stereocenters. The normalized spacial score (nSPS) is 17.2. The summed E-state index contributed by atoms with van der Waals surface area (Å²) in [4.78, 5) is 1.54. The SMILES string of the molecule is C[NH+]1CCN(NC(=S)Nc2cccc(Cl)c2Cl)CC1. The van der Waals surface area contributed by atoms with Crippen LogP contribution in [0.1, 0.15) is 0 Å². The van der Waals surface area contributed by atoms with Gasteiger partial charge in [-0.3, -0.25) is 5.43 Å². The summed E-state index contributed by atoms with van der Waals surface area (Å²) in [7, 11) is 2.19. The maximum Gasteiger partial charge on any atom is 0.185 e. The van der Waals surface area contributed by atoms with Gasteiger partial charge in [0.25, 0.3) is 0 Å². The van der Waals surface area contributed by atoms with Crippen molar-refractivity contribution in [2.75, 3.05) is 38.5 Å². The molecule has 0 aromatic heterocycles. The second-order valence-corrected chi connectivity index (χ2v) is 5.80. The van der Waals surface area contributed by atoms with Crippen LogP contribution in [-0.2, 0) is 0 Å². The molecule has 0 unspecified atom stereocenters. The number of hydrazine groups is 1. The van der Waals surface area contributed by atoms with Crippen LogP contribution in [0.5, 0.6) is 0 Å². The van der Waals surface area contributed by atoms with Crippen molar-refractivity contribution in [2.24, 2.45) is 0 Å². The van der Waals surface area contributed by atoms with E-state index in [0.717, 1.165) is 26.2 Å². The van der Waals surface area contributed by atoms with Gasteiger partial charge in [0.2, 0.25) is 0 Å². The molecule has 1 aliphatic rings. The van der Waals surface area contributed by atoms with E-state index < -0.39 is 0 Å². The number of nitrogens with one attached hydrogen (secondary N) is 3. The molecule has 0 amide bonds. The molecule has 2 rings (SSSR count). The molecule has 1 aromatic rings. The number of likely N-dealkylation sites (N-methyl/N-ethyl adjacent to an activating group) is 1. The maximum absolute atomic E-state index is 6.10. The number of halogens is 2. The third kappa shape index (κ3) is 4.19. The molecule has 1 fully saturated rings. The van der Waals surface area contributed by atoms with Gasteiger partial charge in [-0.15, -0.1) is 0 Å². The summed E-state index contributed by atoms with van der Waals surface area (Å²) in [6.45, 7) is 4.15. The van der Waals surface area contributed by atoms with Gasteiger partial charge >= 0.3 is 0 Å². The average Bonchev–Trinajstić information content (AvgIpc) is 2.38. The summed E-state index contributed by atoms with van der Waals surface area (Å²) < 4.78 is 0. The lowest BCUT2D eigenvalue weighted by Gasteiger charge is -2.31. The largest absolute Gasteiger partial charge is 0.335 e. The van der Waals surface area contributed by atoms with E-state index in [0.29, 0.717) is 20.8 Å². The standard InChI is InChI=1S/C12H16Cl2N4S/c1-17-5-7-18(8-6-17)16-12(19)15-10-4-2-3-9(13)11(10)14/h2-4H,5-8H2,1H3,(H2,15,16,19)/p+1. The number of rotatable bonds is 2. The Balaban J connectivity index is 1.89. The zero-order chi connectivity index (χ0) is 13.8. The number of hydrogen-bond donors (Lipinski definition) is 3. The van der Waals surface area contributed by atoms with Crippen LogP contribution in [0.25, 0.3) is 0 Å². The highest BCUT2D eigenvalue weighted by molar-refractivity contribution is 7.80. The predicted molar refractivity (Wildman–Crippen MR) is 84.0 cm³/mol. The molecular formula is C12H17Cl2N4S+. The number of piperazine rings is 1. The topological polar surface area (TPSA) is 31.7 Å². The van der Waals surface area contributed by atoms with Crippen molar-refractivity contribution < 1.29 is 4.90 Å². The van der Waals surface area contributed by atoms with Gasteiger partial charge in [-0.2, -0.15) is 0 Å². The van der Waals surface area contributed by atoms with Gasteiger partial charge in [0.1, 0.15) is 0 Å². The fourth-order valence-electron chi connectivity index (χ4n) is 1.89. The highest BCUT2D eigenvalue weighted by Crippen LogP contribution is 2.29. The van der Waals surface area contributed by atoms with Gasteiger partial charge in [-0.05, 0) is 24.4 Å². The number of benzene rings is 1. The lowest BCUT2D eigenvalue weighted by molar-refractivity contribution is -0.884. The zero-order valence-electron chi connectivity index (χ0n) is 10.7. The Morgan fingerprint density at radius 2 is 2.00 bits per heavy atom. The van der Waals surface area contributed by atoms with Crippen molar-refractivity contribution in [3.63, 3.8) is 0 Å². The monoisotopic (exact) mass is 319 g/mol. The number of thiocarbonyl (C=S) groups is 1. The third-order valence-corrected chi connectivity index (χ3v) is 4.09. The maximum atomic E-state index is 6.10. The highest BCUT2D eigenvalue weighted by atomic mass is 35.5. The van der Waals surface area contributed by atoms with E-state index in [9.17, 15) is 0 Å². The van der Waals surface area contributed by atoms with Gasteiger partial charge in [0.15, 0.2) is 5.11 Å². The van der Waals surface area contributed by atoms with Gasteiger partial charge in [0.05, 0.1) is 49.0 Å². The highest BCUT2D eigenvalue weighted by Gasteiger charge is 2.17. The number of anilines is 1. The summed E-state index contributed by atoms with van der Waals surface area (Å²) in [5.74, 6) is 0. The molecule has 4 nitrogen and oxygen atoms in total. The summed E-state index contributed by atoms with van der Waals surface area (Å²) >= 11 is 17.3. The molecule has 19 heavy (non-hydrogen) atoms. The molecule has 7 heteroatoms. The fourth-order valence-corrected chi connectivity index (χ4v) is 2.48. The second-order valence-electron chi connectivity index (χ2n) is 4.61. The molecule has 1 saturated heterocycles. The molecule has 1 heterocycles. The van der Waals surface area contributed by atoms with E-state index in [2.05, 4.69) is 22.8 Å². The summed E-state index contributed by atoms with van der Waals surface area (Å²) in [6, 6.07) is 5.42. The first-order chi connectivity index (χ1) is 9.06. The molecule has 104 valence electrons. The third-order valence-electron chi connectivity index (χ3n) is 3.08. The van der Waals surface area contributed by atoms with Crippen LogP contribution in [0.3, 0.4) is 0 Å². The Kier molecular flexibility index (Phi) is 5.24. The molecule has 0 bridgehead atoms. The number of nitrogens with zero attached hydrogens (tertiary/aromatic N) is 1. The Bertz CT molecular complexity index is 461. The first-order valence-corrected chi connectivity index (χ1v) is 7.30. The minimum absolute atomic E-state index is 0.483. The Morgan fingerprint density at radius 1 is 1.32 bits per heavy atom. The van der Waals surface area contributed by atoms with E-state index in [-0.39, 0.29) is 0 Å². The molecule has 1 aliphatic heterocycles. The van der Waals surface area contributed by atoms with E-state index in [1.54, 1.807) is 6.07 Å². The zero-order valence-corrected chi connectivity index (χ0v) is 13.0. The lowest BCUT2D eigenvalue weighted by atomic mass is 10.3. The van der Waals surface area contributed by atoms with Crippen molar-refractivity contribution >= 4 is 46.2 Å². The molecule has 0 saturated carbocycles.